The van der Waals surface area contributed by atoms with E-state index in [9.17, 15) is 4.79 Å². The number of hydrogen-bond acceptors (Lipinski definition) is 1. The van der Waals surface area contributed by atoms with Crippen LogP contribution >= 0.6 is 0 Å². The first-order valence-corrected chi connectivity index (χ1v) is 10.1. The maximum Gasteiger partial charge on any atom is 0.220 e. The van der Waals surface area contributed by atoms with Gasteiger partial charge in [0.1, 0.15) is 0 Å². The minimum Gasteiger partial charge on any atom is -0.353 e. The van der Waals surface area contributed by atoms with Crippen molar-refractivity contribution in [2.75, 3.05) is 0 Å². The third-order valence-corrected chi connectivity index (χ3v) is 4.98. The molecule has 0 bridgehead atoms. The first-order valence-electron chi connectivity index (χ1n) is 10.1. The summed E-state index contributed by atoms with van der Waals surface area (Å²) in [5.41, 5.74) is 0. The van der Waals surface area contributed by atoms with Gasteiger partial charge in [0.15, 0.2) is 0 Å². The fraction of sp³-hybridized carbons (Fsp3) is 0.950. The zero-order chi connectivity index (χ0) is 15.9. The SMILES string of the molecule is CCCCCCCCCCCCCCCC(=O)NC1CCC1. The predicted octanol–water partition coefficient (Wildman–Crippen LogP) is 6.14. The maximum atomic E-state index is 11.6. The van der Waals surface area contributed by atoms with Gasteiger partial charge in [-0.15, -0.1) is 0 Å². The number of hydrogen-bond donors (Lipinski definition) is 1. The molecule has 0 radical (unpaired) electrons. The van der Waals surface area contributed by atoms with E-state index in [-0.39, 0.29) is 5.91 Å². The van der Waals surface area contributed by atoms with Gasteiger partial charge in [-0.1, -0.05) is 84.0 Å². The van der Waals surface area contributed by atoms with Crippen LogP contribution in [-0.4, -0.2) is 11.9 Å². The highest BCUT2D eigenvalue weighted by atomic mass is 16.1. The molecule has 130 valence electrons. The zero-order valence-electron chi connectivity index (χ0n) is 15.0. The lowest BCUT2D eigenvalue weighted by atomic mass is 9.93. The fourth-order valence-corrected chi connectivity index (χ4v) is 3.16. The molecular weight excluding hydrogens is 270 g/mol. The molecule has 0 heterocycles. The summed E-state index contributed by atoms with van der Waals surface area (Å²) in [7, 11) is 0. The Balaban J connectivity index is 1.70. The second kappa shape index (κ2) is 14.1. The molecule has 1 fully saturated rings. The van der Waals surface area contributed by atoms with Gasteiger partial charge in [-0.25, -0.2) is 0 Å². The summed E-state index contributed by atoms with van der Waals surface area (Å²) in [6.45, 7) is 2.28. The Bertz CT molecular complexity index is 260. The van der Waals surface area contributed by atoms with Crippen LogP contribution in [0.5, 0.6) is 0 Å². The van der Waals surface area contributed by atoms with E-state index in [4.69, 9.17) is 0 Å². The van der Waals surface area contributed by atoms with E-state index in [1.54, 1.807) is 0 Å². The average molecular weight is 310 g/mol. The first kappa shape index (κ1) is 19.5. The van der Waals surface area contributed by atoms with Crippen LogP contribution in [0.2, 0.25) is 0 Å². The fourth-order valence-electron chi connectivity index (χ4n) is 3.16. The van der Waals surface area contributed by atoms with Gasteiger partial charge in [0.25, 0.3) is 0 Å². The number of unbranched alkanes of at least 4 members (excludes halogenated alkanes) is 12. The van der Waals surface area contributed by atoms with Gasteiger partial charge in [0.2, 0.25) is 5.91 Å². The van der Waals surface area contributed by atoms with E-state index < -0.39 is 0 Å². The highest BCUT2D eigenvalue weighted by molar-refractivity contribution is 5.76. The number of rotatable bonds is 15. The van der Waals surface area contributed by atoms with Crippen molar-refractivity contribution in [2.24, 2.45) is 0 Å². The Labute approximate surface area is 138 Å². The monoisotopic (exact) mass is 309 g/mol. The number of carbonyl (C=O) groups excluding carboxylic acids is 1. The van der Waals surface area contributed by atoms with Gasteiger partial charge in [0.05, 0.1) is 0 Å². The summed E-state index contributed by atoms with van der Waals surface area (Å²) in [5, 5.41) is 3.12. The molecule has 0 aromatic heterocycles. The molecule has 0 saturated heterocycles. The smallest absolute Gasteiger partial charge is 0.220 e. The third-order valence-electron chi connectivity index (χ3n) is 4.98. The number of nitrogens with one attached hydrogen (secondary N) is 1. The van der Waals surface area contributed by atoms with Crippen molar-refractivity contribution in [3.63, 3.8) is 0 Å². The van der Waals surface area contributed by atoms with Crippen molar-refractivity contribution >= 4 is 5.91 Å². The molecule has 0 aromatic carbocycles. The number of amides is 1. The standard InChI is InChI=1S/C20H39NO/c1-2-3-4-5-6-7-8-9-10-11-12-13-14-18-20(22)21-19-16-15-17-19/h19H,2-18H2,1H3,(H,21,22). The van der Waals surface area contributed by atoms with E-state index in [2.05, 4.69) is 12.2 Å². The largest absolute Gasteiger partial charge is 0.353 e. The molecule has 1 N–H and O–H groups in total. The highest BCUT2D eigenvalue weighted by Gasteiger charge is 2.18. The molecule has 1 aliphatic carbocycles. The summed E-state index contributed by atoms with van der Waals surface area (Å²) in [5.74, 6) is 0.285. The first-order chi connectivity index (χ1) is 10.8. The molecule has 0 aliphatic heterocycles. The van der Waals surface area contributed by atoms with Crippen molar-refractivity contribution in [1.82, 2.24) is 5.32 Å². The van der Waals surface area contributed by atoms with Gasteiger partial charge < -0.3 is 5.32 Å². The maximum absolute atomic E-state index is 11.6. The lowest BCUT2D eigenvalue weighted by Crippen LogP contribution is -2.39. The molecule has 1 aliphatic rings. The van der Waals surface area contributed by atoms with Crippen molar-refractivity contribution in [3.05, 3.63) is 0 Å². The van der Waals surface area contributed by atoms with E-state index in [1.165, 1.54) is 96.3 Å². The van der Waals surface area contributed by atoms with Gasteiger partial charge >= 0.3 is 0 Å². The minimum absolute atomic E-state index is 0.285. The van der Waals surface area contributed by atoms with Crippen LogP contribution in [0, 0.1) is 0 Å². The van der Waals surface area contributed by atoms with Crippen LogP contribution in [0.4, 0.5) is 0 Å². The van der Waals surface area contributed by atoms with E-state index >= 15 is 0 Å². The predicted molar refractivity (Wildman–Crippen MR) is 96.1 cm³/mol. The molecule has 1 amide bonds. The lowest BCUT2D eigenvalue weighted by Gasteiger charge is -2.26. The zero-order valence-corrected chi connectivity index (χ0v) is 15.0. The Morgan fingerprint density at radius 2 is 1.23 bits per heavy atom. The third kappa shape index (κ3) is 11.1. The Kier molecular flexibility index (Phi) is 12.5. The van der Waals surface area contributed by atoms with Crippen LogP contribution in [0.25, 0.3) is 0 Å². The van der Waals surface area contributed by atoms with Crippen LogP contribution in [0.3, 0.4) is 0 Å². The molecule has 0 spiro atoms. The van der Waals surface area contributed by atoms with Gasteiger partial charge in [-0.3, -0.25) is 4.79 Å². The van der Waals surface area contributed by atoms with Crippen molar-refractivity contribution in [1.29, 1.82) is 0 Å². The molecule has 2 heteroatoms. The molecule has 22 heavy (non-hydrogen) atoms. The lowest BCUT2D eigenvalue weighted by molar-refractivity contribution is -0.122. The second-order valence-corrected chi connectivity index (χ2v) is 7.19. The van der Waals surface area contributed by atoms with Crippen molar-refractivity contribution in [3.8, 4) is 0 Å². The van der Waals surface area contributed by atoms with E-state index in [0.29, 0.717) is 6.04 Å². The van der Waals surface area contributed by atoms with Gasteiger partial charge in [-0.05, 0) is 25.7 Å². The molecule has 1 saturated carbocycles. The highest BCUT2D eigenvalue weighted by Crippen LogP contribution is 2.18. The molecule has 1 rings (SSSR count). The average Bonchev–Trinajstić information content (AvgIpc) is 2.48. The van der Waals surface area contributed by atoms with Crippen molar-refractivity contribution in [2.45, 2.75) is 122 Å². The Morgan fingerprint density at radius 1 is 0.773 bits per heavy atom. The van der Waals surface area contributed by atoms with E-state index in [0.717, 1.165) is 12.8 Å². The Hall–Kier alpha value is -0.530. The van der Waals surface area contributed by atoms with Crippen LogP contribution < -0.4 is 5.32 Å². The minimum atomic E-state index is 0.285. The molecule has 0 atom stereocenters. The molecular formula is C20H39NO. The van der Waals surface area contributed by atoms with Gasteiger partial charge in [0, 0.05) is 12.5 Å². The molecule has 2 nitrogen and oxygen atoms in total. The summed E-state index contributed by atoms with van der Waals surface area (Å²) < 4.78 is 0. The Morgan fingerprint density at radius 3 is 1.64 bits per heavy atom. The van der Waals surface area contributed by atoms with Crippen LogP contribution in [-0.2, 0) is 4.79 Å². The summed E-state index contributed by atoms with van der Waals surface area (Å²) in [6.07, 6.45) is 22.2. The van der Waals surface area contributed by atoms with Crippen LogP contribution in [0.1, 0.15) is 116 Å². The summed E-state index contributed by atoms with van der Waals surface area (Å²) in [4.78, 5) is 11.6. The van der Waals surface area contributed by atoms with Crippen molar-refractivity contribution < 1.29 is 4.79 Å². The number of carbonyl (C=O) groups is 1. The van der Waals surface area contributed by atoms with Crippen LogP contribution in [0.15, 0.2) is 0 Å². The van der Waals surface area contributed by atoms with E-state index in [1.807, 2.05) is 0 Å². The normalized spacial score (nSPS) is 14.8. The molecule has 0 unspecified atom stereocenters. The van der Waals surface area contributed by atoms with Gasteiger partial charge in [-0.2, -0.15) is 0 Å². The second-order valence-electron chi connectivity index (χ2n) is 7.19. The quantitative estimate of drug-likeness (QED) is 0.362. The molecule has 0 aromatic rings. The summed E-state index contributed by atoms with van der Waals surface area (Å²) >= 11 is 0. The topological polar surface area (TPSA) is 29.1 Å². The summed E-state index contributed by atoms with van der Waals surface area (Å²) in [6, 6.07) is 0.509.